The first kappa shape index (κ1) is 13.6. The molecule has 3 heteroatoms. The average Bonchev–Trinajstić information content (AvgIpc) is 3.18. The van der Waals surface area contributed by atoms with Crippen LogP contribution in [0, 0.1) is 11.8 Å². The van der Waals surface area contributed by atoms with E-state index in [1.165, 1.54) is 43.4 Å². The number of thiophene rings is 1. The number of rotatable bonds is 5. The SMILES string of the molecule is CN(Cc1cccs1)C1(CN)CCCC(C2CC2)C1. The second kappa shape index (κ2) is 5.55. The third-order valence-corrected chi connectivity index (χ3v) is 6.17. The van der Waals surface area contributed by atoms with Crippen LogP contribution in [-0.4, -0.2) is 24.0 Å². The van der Waals surface area contributed by atoms with Gasteiger partial charge in [0.1, 0.15) is 0 Å². The molecule has 0 saturated heterocycles. The molecule has 0 bridgehead atoms. The highest BCUT2D eigenvalue weighted by molar-refractivity contribution is 7.09. The summed E-state index contributed by atoms with van der Waals surface area (Å²) in [6.45, 7) is 1.88. The minimum absolute atomic E-state index is 0.259. The minimum atomic E-state index is 0.259. The van der Waals surface area contributed by atoms with E-state index in [2.05, 4.69) is 29.5 Å². The van der Waals surface area contributed by atoms with E-state index in [4.69, 9.17) is 5.73 Å². The van der Waals surface area contributed by atoms with Crippen molar-refractivity contribution < 1.29 is 0 Å². The fraction of sp³-hybridized carbons (Fsp3) is 0.750. The van der Waals surface area contributed by atoms with E-state index in [0.29, 0.717) is 0 Å². The van der Waals surface area contributed by atoms with Crippen LogP contribution < -0.4 is 5.73 Å². The molecule has 1 aromatic rings. The highest BCUT2D eigenvalue weighted by Crippen LogP contribution is 2.47. The molecule has 0 radical (unpaired) electrons. The molecule has 0 aliphatic heterocycles. The number of hydrogen-bond donors (Lipinski definition) is 1. The van der Waals surface area contributed by atoms with Gasteiger partial charge in [-0.2, -0.15) is 0 Å². The van der Waals surface area contributed by atoms with Gasteiger partial charge in [-0.1, -0.05) is 18.9 Å². The van der Waals surface area contributed by atoms with E-state index in [1.54, 1.807) is 0 Å². The molecule has 2 fully saturated rings. The number of nitrogens with two attached hydrogens (primary N) is 1. The van der Waals surface area contributed by atoms with Crippen LogP contribution in [0.5, 0.6) is 0 Å². The summed E-state index contributed by atoms with van der Waals surface area (Å²) in [5.74, 6) is 1.98. The zero-order valence-electron chi connectivity index (χ0n) is 12.0. The molecular weight excluding hydrogens is 252 g/mol. The highest BCUT2D eigenvalue weighted by atomic mass is 32.1. The summed E-state index contributed by atoms with van der Waals surface area (Å²) in [4.78, 5) is 4.01. The van der Waals surface area contributed by atoms with Crippen molar-refractivity contribution >= 4 is 11.3 Å². The van der Waals surface area contributed by atoms with Gasteiger partial charge in [-0.05, 0) is 56.0 Å². The van der Waals surface area contributed by atoms with Crippen molar-refractivity contribution in [1.29, 1.82) is 0 Å². The molecule has 2 unspecified atom stereocenters. The summed E-state index contributed by atoms with van der Waals surface area (Å²) in [6, 6.07) is 4.39. The first-order valence-electron chi connectivity index (χ1n) is 7.67. The standard InChI is InChI=1S/C16H26N2S/c1-18(11-15-5-3-9-19-15)16(12-17)8-2-4-14(10-16)13-6-7-13/h3,5,9,13-14H,2,4,6-8,10-12,17H2,1H3. The van der Waals surface area contributed by atoms with Crippen molar-refractivity contribution in [2.75, 3.05) is 13.6 Å². The predicted molar refractivity (Wildman–Crippen MR) is 82.3 cm³/mol. The van der Waals surface area contributed by atoms with Crippen molar-refractivity contribution in [3.05, 3.63) is 22.4 Å². The normalized spacial score (nSPS) is 31.8. The Kier molecular flexibility index (Phi) is 3.97. The Labute approximate surface area is 121 Å². The van der Waals surface area contributed by atoms with Gasteiger partial charge in [0.05, 0.1) is 0 Å². The molecule has 106 valence electrons. The summed E-state index contributed by atoms with van der Waals surface area (Å²) in [6.07, 6.45) is 8.37. The summed E-state index contributed by atoms with van der Waals surface area (Å²) < 4.78 is 0. The Hall–Kier alpha value is -0.380. The molecule has 0 aromatic carbocycles. The zero-order valence-corrected chi connectivity index (χ0v) is 12.8. The lowest BCUT2D eigenvalue weighted by Crippen LogP contribution is -2.54. The summed E-state index contributed by atoms with van der Waals surface area (Å²) in [7, 11) is 2.28. The molecule has 2 saturated carbocycles. The molecule has 2 aliphatic carbocycles. The van der Waals surface area contributed by atoms with Crippen LogP contribution in [0.2, 0.25) is 0 Å². The maximum atomic E-state index is 6.21. The lowest BCUT2D eigenvalue weighted by Gasteiger charge is -2.47. The van der Waals surface area contributed by atoms with E-state index in [9.17, 15) is 0 Å². The van der Waals surface area contributed by atoms with Crippen LogP contribution in [0.1, 0.15) is 43.4 Å². The molecule has 1 heterocycles. The molecule has 0 amide bonds. The second-order valence-electron chi connectivity index (χ2n) is 6.56. The first-order valence-corrected chi connectivity index (χ1v) is 8.55. The van der Waals surface area contributed by atoms with Crippen molar-refractivity contribution in [3.63, 3.8) is 0 Å². The van der Waals surface area contributed by atoms with Gasteiger partial charge in [-0.15, -0.1) is 11.3 Å². The Balaban J connectivity index is 1.69. The van der Waals surface area contributed by atoms with Gasteiger partial charge in [0.2, 0.25) is 0 Å². The monoisotopic (exact) mass is 278 g/mol. The molecule has 2 aliphatic rings. The van der Waals surface area contributed by atoms with Gasteiger partial charge in [0, 0.05) is 23.5 Å². The Morgan fingerprint density at radius 3 is 2.84 bits per heavy atom. The Morgan fingerprint density at radius 1 is 1.37 bits per heavy atom. The summed E-state index contributed by atoms with van der Waals surface area (Å²) in [5.41, 5.74) is 6.47. The Bertz CT molecular complexity index is 399. The summed E-state index contributed by atoms with van der Waals surface area (Å²) >= 11 is 1.86. The smallest absolute Gasteiger partial charge is 0.0335 e. The molecule has 19 heavy (non-hydrogen) atoms. The number of likely N-dealkylation sites (N-methyl/N-ethyl adjacent to an activating group) is 1. The number of nitrogens with zero attached hydrogens (tertiary/aromatic N) is 1. The predicted octanol–water partition coefficient (Wildman–Crippen LogP) is 3.48. The van der Waals surface area contributed by atoms with E-state index < -0.39 is 0 Å². The van der Waals surface area contributed by atoms with Crippen LogP contribution >= 0.6 is 11.3 Å². The fourth-order valence-corrected chi connectivity index (χ4v) is 4.60. The highest BCUT2D eigenvalue weighted by Gasteiger charge is 2.43. The van der Waals surface area contributed by atoms with Gasteiger partial charge in [0.25, 0.3) is 0 Å². The van der Waals surface area contributed by atoms with Crippen molar-refractivity contribution in [2.45, 2.75) is 50.6 Å². The van der Waals surface area contributed by atoms with E-state index in [-0.39, 0.29) is 5.54 Å². The quantitative estimate of drug-likeness (QED) is 0.893. The van der Waals surface area contributed by atoms with E-state index in [0.717, 1.165) is 24.9 Å². The molecular formula is C16H26N2S. The van der Waals surface area contributed by atoms with E-state index >= 15 is 0 Å². The van der Waals surface area contributed by atoms with Crippen molar-refractivity contribution in [1.82, 2.24) is 4.90 Å². The molecule has 0 spiro atoms. The van der Waals surface area contributed by atoms with Crippen LogP contribution in [0.15, 0.2) is 17.5 Å². The maximum Gasteiger partial charge on any atom is 0.0335 e. The third kappa shape index (κ3) is 2.88. The van der Waals surface area contributed by atoms with Crippen LogP contribution in [0.3, 0.4) is 0 Å². The van der Waals surface area contributed by atoms with Crippen molar-refractivity contribution in [2.24, 2.45) is 17.6 Å². The fourth-order valence-electron chi connectivity index (χ4n) is 3.85. The van der Waals surface area contributed by atoms with Gasteiger partial charge in [0.15, 0.2) is 0 Å². The van der Waals surface area contributed by atoms with Gasteiger partial charge in [-0.25, -0.2) is 0 Å². The molecule has 2 atom stereocenters. The topological polar surface area (TPSA) is 29.3 Å². The Morgan fingerprint density at radius 2 is 2.21 bits per heavy atom. The number of hydrogen-bond acceptors (Lipinski definition) is 3. The summed E-state index contributed by atoms with van der Waals surface area (Å²) in [5, 5.41) is 2.17. The van der Waals surface area contributed by atoms with Crippen LogP contribution in [0.25, 0.3) is 0 Å². The van der Waals surface area contributed by atoms with Gasteiger partial charge in [-0.3, -0.25) is 4.90 Å². The molecule has 2 N–H and O–H groups in total. The molecule has 1 aromatic heterocycles. The first-order chi connectivity index (χ1) is 9.23. The minimum Gasteiger partial charge on any atom is -0.329 e. The van der Waals surface area contributed by atoms with Crippen molar-refractivity contribution in [3.8, 4) is 0 Å². The lowest BCUT2D eigenvalue weighted by atomic mass is 9.73. The maximum absolute atomic E-state index is 6.21. The second-order valence-corrected chi connectivity index (χ2v) is 7.59. The largest absolute Gasteiger partial charge is 0.329 e. The van der Waals surface area contributed by atoms with E-state index in [1.807, 2.05) is 11.3 Å². The molecule has 3 rings (SSSR count). The van der Waals surface area contributed by atoms with Crippen LogP contribution in [-0.2, 0) is 6.54 Å². The van der Waals surface area contributed by atoms with Gasteiger partial charge < -0.3 is 5.73 Å². The van der Waals surface area contributed by atoms with Crippen LogP contribution in [0.4, 0.5) is 0 Å². The average molecular weight is 278 g/mol. The van der Waals surface area contributed by atoms with Gasteiger partial charge >= 0.3 is 0 Å². The third-order valence-electron chi connectivity index (χ3n) is 5.31. The lowest BCUT2D eigenvalue weighted by molar-refractivity contribution is 0.0466. The molecule has 2 nitrogen and oxygen atoms in total. The zero-order chi connectivity index (χ0) is 13.3.